The summed E-state index contributed by atoms with van der Waals surface area (Å²) >= 11 is 1.76. The molecule has 1 N–H and O–H groups in total. The van der Waals surface area contributed by atoms with Crippen molar-refractivity contribution in [1.29, 1.82) is 0 Å². The highest BCUT2D eigenvalue weighted by Gasteiger charge is 2.27. The Morgan fingerprint density at radius 3 is 2.52 bits per heavy atom. The van der Waals surface area contributed by atoms with Gasteiger partial charge in [0.05, 0.1) is 4.90 Å². The lowest BCUT2D eigenvalue weighted by molar-refractivity contribution is 0.0955. The molecular formula is C22H28N2O3S2. The lowest BCUT2D eigenvalue weighted by Gasteiger charge is -2.26. The van der Waals surface area contributed by atoms with Gasteiger partial charge in [0, 0.05) is 36.7 Å². The maximum Gasteiger partial charge on any atom is 0.251 e. The molecule has 5 nitrogen and oxygen atoms in total. The molecule has 0 atom stereocenters. The van der Waals surface area contributed by atoms with Crippen LogP contribution in [-0.2, 0) is 15.8 Å². The SMILES string of the molecule is Cc1ccc(S(=O)(=O)N2CCCCC2)cc1C(=O)NCCSCc1ccccc1. The van der Waals surface area contributed by atoms with E-state index in [1.807, 2.05) is 25.1 Å². The number of sulfonamides is 1. The predicted molar refractivity (Wildman–Crippen MR) is 119 cm³/mol. The number of piperidine rings is 1. The number of benzene rings is 2. The summed E-state index contributed by atoms with van der Waals surface area (Å²) in [6.45, 7) is 3.47. The van der Waals surface area contributed by atoms with Gasteiger partial charge in [-0.15, -0.1) is 0 Å². The van der Waals surface area contributed by atoms with Crippen molar-refractivity contribution in [2.24, 2.45) is 0 Å². The molecule has 2 aromatic rings. The zero-order valence-electron chi connectivity index (χ0n) is 16.8. The second-order valence-corrected chi connectivity index (χ2v) is 10.3. The maximum atomic E-state index is 12.9. The van der Waals surface area contributed by atoms with E-state index in [0.29, 0.717) is 25.2 Å². The van der Waals surface area contributed by atoms with Crippen molar-refractivity contribution in [1.82, 2.24) is 9.62 Å². The van der Waals surface area contributed by atoms with E-state index in [2.05, 4.69) is 17.4 Å². The fourth-order valence-corrected chi connectivity index (χ4v) is 5.72. The third-order valence-electron chi connectivity index (χ3n) is 5.05. The molecule has 29 heavy (non-hydrogen) atoms. The van der Waals surface area contributed by atoms with Gasteiger partial charge in [0.2, 0.25) is 10.0 Å². The largest absolute Gasteiger partial charge is 0.351 e. The van der Waals surface area contributed by atoms with Gasteiger partial charge in [-0.3, -0.25) is 4.79 Å². The molecule has 3 rings (SSSR count). The summed E-state index contributed by atoms with van der Waals surface area (Å²) in [6, 6.07) is 15.0. The van der Waals surface area contributed by atoms with E-state index in [1.165, 1.54) is 15.9 Å². The second-order valence-electron chi connectivity index (χ2n) is 7.24. The number of carbonyl (C=O) groups is 1. The minimum atomic E-state index is -3.55. The Balaban J connectivity index is 1.58. The first kappa shape index (κ1) is 21.9. The van der Waals surface area contributed by atoms with Crippen LogP contribution in [0.25, 0.3) is 0 Å². The van der Waals surface area contributed by atoms with Crippen LogP contribution in [-0.4, -0.2) is 44.0 Å². The molecule has 1 saturated heterocycles. The van der Waals surface area contributed by atoms with Gasteiger partial charge >= 0.3 is 0 Å². The van der Waals surface area contributed by atoms with Crippen LogP contribution in [0.5, 0.6) is 0 Å². The van der Waals surface area contributed by atoms with Crippen LogP contribution in [0, 0.1) is 6.92 Å². The monoisotopic (exact) mass is 432 g/mol. The number of nitrogens with one attached hydrogen (secondary N) is 1. The molecule has 1 amide bonds. The predicted octanol–water partition coefficient (Wildman–Crippen LogP) is 3.83. The summed E-state index contributed by atoms with van der Waals surface area (Å²) in [4.78, 5) is 12.8. The highest BCUT2D eigenvalue weighted by atomic mass is 32.2. The maximum absolute atomic E-state index is 12.9. The van der Waals surface area contributed by atoms with E-state index in [9.17, 15) is 13.2 Å². The number of carbonyl (C=O) groups excluding carboxylic acids is 1. The van der Waals surface area contributed by atoms with Crippen LogP contribution < -0.4 is 5.32 Å². The number of hydrogen-bond acceptors (Lipinski definition) is 4. The minimum absolute atomic E-state index is 0.202. The third-order valence-corrected chi connectivity index (χ3v) is 7.97. The van der Waals surface area contributed by atoms with Crippen LogP contribution in [0.15, 0.2) is 53.4 Å². The number of rotatable bonds is 8. The third kappa shape index (κ3) is 5.84. The van der Waals surface area contributed by atoms with E-state index in [1.54, 1.807) is 23.9 Å². The molecule has 7 heteroatoms. The second kappa shape index (κ2) is 10.3. The number of thioether (sulfide) groups is 1. The lowest BCUT2D eigenvalue weighted by Crippen LogP contribution is -2.35. The van der Waals surface area contributed by atoms with Crippen LogP contribution >= 0.6 is 11.8 Å². The Kier molecular flexibility index (Phi) is 7.75. The molecule has 156 valence electrons. The fourth-order valence-electron chi connectivity index (χ4n) is 3.36. The summed E-state index contributed by atoms with van der Waals surface area (Å²) in [7, 11) is -3.55. The fraction of sp³-hybridized carbons (Fsp3) is 0.409. The van der Waals surface area contributed by atoms with Crippen molar-refractivity contribution in [3.05, 3.63) is 65.2 Å². The van der Waals surface area contributed by atoms with Crippen molar-refractivity contribution in [3.63, 3.8) is 0 Å². The highest BCUT2D eigenvalue weighted by Crippen LogP contribution is 2.23. The molecule has 0 unspecified atom stereocenters. The highest BCUT2D eigenvalue weighted by molar-refractivity contribution is 7.98. The van der Waals surface area contributed by atoms with E-state index in [-0.39, 0.29) is 10.8 Å². The minimum Gasteiger partial charge on any atom is -0.351 e. The molecular weight excluding hydrogens is 404 g/mol. The van der Waals surface area contributed by atoms with Gasteiger partial charge in [0.25, 0.3) is 5.91 Å². The molecule has 0 bridgehead atoms. The summed E-state index contributed by atoms with van der Waals surface area (Å²) in [5, 5.41) is 2.92. The molecule has 1 aliphatic heterocycles. The van der Waals surface area contributed by atoms with Gasteiger partial charge in [-0.05, 0) is 43.0 Å². The van der Waals surface area contributed by atoms with Crippen LogP contribution in [0.1, 0.15) is 40.7 Å². The standard InChI is InChI=1S/C22H28N2O3S2/c1-18-10-11-20(29(26,27)24-13-6-3-7-14-24)16-21(18)22(25)23-12-15-28-17-19-8-4-2-5-9-19/h2,4-5,8-11,16H,3,6-7,12-15,17H2,1H3,(H,23,25). The van der Waals surface area contributed by atoms with Gasteiger partial charge in [-0.2, -0.15) is 16.1 Å². The molecule has 0 spiro atoms. The van der Waals surface area contributed by atoms with Crippen molar-refractivity contribution < 1.29 is 13.2 Å². The molecule has 0 aliphatic carbocycles. The molecule has 2 aromatic carbocycles. The Morgan fingerprint density at radius 2 is 1.79 bits per heavy atom. The van der Waals surface area contributed by atoms with E-state index < -0.39 is 10.0 Å². The van der Waals surface area contributed by atoms with Crippen LogP contribution in [0.2, 0.25) is 0 Å². The molecule has 1 fully saturated rings. The first-order chi connectivity index (χ1) is 14.0. The van der Waals surface area contributed by atoms with Crippen molar-refractivity contribution in [2.75, 3.05) is 25.4 Å². The van der Waals surface area contributed by atoms with Gasteiger partial charge in [-0.1, -0.05) is 42.8 Å². The molecule has 0 radical (unpaired) electrons. The van der Waals surface area contributed by atoms with E-state index in [0.717, 1.165) is 36.3 Å². The van der Waals surface area contributed by atoms with Gasteiger partial charge < -0.3 is 5.32 Å². The van der Waals surface area contributed by atoms with Gasteiger partial charge in [0.1, 0.15) is 0 Å². The van der Waals surface area contributed by atoms with Crippen LogP contribution in [0.4, 0.5) is 0 Å². The summed E-state index contributed by atoms with van der Waals surface area (Å²) in [5.41, 5.74) is 2.46. The number of amides is 1. The smallest absolute Gasteiger partial charge is 0.251 e. The van der Waals surface area contributed by atoms with Crippen molar-refractivity contribution in [3.8, 4) is 0 Å². The zero-order valence-corrected chi connectivity index (χ0v) is 18.4. The first-order valence-electron chi connectivity index (χ1n) is 9.99. The summed E-state index contributed by atoms with van der Waals surface area (Å²) in [5.74, 6) is 1.48. The zero-order chi connectivity index (χ0) is 20.7. The quantitative estimate of drug-likeness (QED) is 0.644. The Hall–Kier alpha value is -1.83. The Labute approximate surface area is 177 Å². The van der Waals surface area contributed by atoms with Crippen molar-refractivity contribution in [2.45, 2.75) is 36.8 Å². The number of hydrogen-bond donors (Lipinski definition) is 1. The Morgan fingerprint density at radius 1 is 1.07 bits per heavy atom. The summed E-state index contributed by atoms with van der Waals surface area (Å²) in [6.07, 6.45) is 2.84. The lowest BCUT2D eigenvalue weighted by atomic mass is 10.1. The van der Waals surface area contributed by atoms with Gasteiger partial charge in [-0.25, -0.2) is 8.42 Å². The van der Waals surface area contributed by atoms with E-state index in [4.69, 9.17) is 0 Å². The molecule has 0 saturated carbocycles. The summed E-state index contributed by atoms with van der Waals surface area (Å²) < 4.78 is 27.3. The van der Waals surface area contributed by atoms with Gasteiger partial charge in [0.15, 0.2) is 0 Å². The molecule has 1 heterocycles. The van der Waals surface area contributed by atoms with Crippen LogP contribution in [0.3, 0.4) is 0 Å². The topological polar surface area (TPSA) is 66.5 Å². The number of aryl methyl sites for hydroxylation is 1. The first-order valence-corrected chi connectivity index (χ1v) is 12.6. The average molecular weight is 433 g/mol. The normalized spacial score (nSPS) is 15.2. The molecule has 0 aromatic heterocycles. The van der Waals surface area contributed by atoms with E-state index >= 15 is 0 Å². The van der Waals surface area contributed by atoms with Crippen molar-refractivity contribution >= 4 is 27.7 Å². The molecule has 1 aliphatic rings. The number of nitrogens with zero attached hydrogens (tertiary/aromatic N) is 1. The Bertz CT molecular complexity index is 924. The average Bonchev–Trinajstić information content (AvgIpc) is 2.75.